The second-order valence-electron chi connectivity index (χ2n) is 3.37. The molecule has 1 aromatic rings. The molecule has 18 heavy (non-hydrogen) atoms. The van der Waals surface area contributed by atoms with Gasteiger partial charge in [-0.2, -0.15) is 13.2 Å². The van der Waals surface area contributed by atoms with Crippen molar-refractivity contribution >= 4 is 23.4 Å². The second kappa shape index (κ2) is 6.10. The van der Waals surface area contributed by atoms with Gasteiger partial charge in [-0.1, -0.05) is 11.8 Å². The van der Waals surface area contributed by atoms with E-state index in [-0.39, 0.29) is 18.2 Å². The zero-order chi connectivity index (χ0) is 13.8. The van der Waals surface area contributed by atoms with E-state index >= 15 is 0 Å². The van der Waals surface area contributed by atoms with Crippen LogP contribution < -0.4 is 16.2 Å². The number of thioether (sulfide) groups is 1. The molecule has 0 spiro atoms. The van der Waals surface area contributed by atoms with Crippen LogP contribution in [0.15, 0.2) is 11.2 Å². The summed E-state index contributed by atoms with van der Waals surface area (Å²) in [4.78, 5) is 9.14. The van der Waals surface area contributed by atoms with E-state index in [0.717, 1.165) is 4.90 Å². The van der Waals surface area contributed by atoms with Crippen molar-refractivity contribution in [2.24, 2.45) is 5.84 Å². The molecule has 0 fully saturated rings. The van der Waals surface area contributed by atoms with Crippen molar-refractivity contribution < 1.29 is 13.2 Å². The maximum atomic E-state index is 12.4. The fourth-order valence-electron chi connectivity index (χ4n) is 1.31. The molecule has 5 nitrogen and oxygen atoms in total. The zero-order valence-electron chi connectivity index (χ0n) is 9.95. The van der Waals surface area contributed by atoms with Crippen LogP contribution in [-0.4, -0.2) is 35.5 Å². The van der Waals surface area contributed by atoms with E-state index in [4.69, 9.17) is 5.84 Å². The van der Waals surface area contributed by atoms with Gasteiger partial charge >= 0.3 is 6.18 Å². The molecule has 0 saturated heterocycles. The molecule has 0 amide bonds. The number of nitrogens with zero attached hydrogens (tertiary/aromatic N) is 3. The molecule has 0 saturated carbocycles. The summed E-state index contributed by atoms with van der Waals surface area (Å²) in [6.07, 6.45) is -2.55. The second-order valence-corrected chi connectivity index (χ2v) is 4.15. The minimum absolute atomic E-state index is 0.189. The fraction of sp³-hybridized carbons (Fsp3) is 0.556. The van der Waals surface area contributed by atoms with E-state index in [1.807, 2.05) is 0 Å². The Hall–Kier alpha value is -1.22. The van der Waals surface area contributed by atoms with Gasteiger partial charge in [0.1, 0.15) is 18.2 Å². The lowest BCUT2D eigenvalue weighted by atomic mass is 10.4. The van der Waals surface area contributed by atoms with Gasteiger partial charge in [-0.3, -0.25) is 0 Å². The van der Waals surface area contributed by atoms with Crippen molar-refractivity contribution in [2.45, 2.75) is 18.3 Å². The van der Waals surface area contributed by atoms with Crippen molar-refractivity contribution in [1.82, 2.24) is 9.97 Å². The number of alkyl halides is 3. The minimum Gasteiger partial charge on any atom is -0.348 e. The molecule has 0 aliphatic carbocycles. The van der Waals surface area contributed by atoms with Gasteiger partial charge in [0.15, 0.2) is 5.16 Å². The molecule has 0 atom stereocenters. The molecule has 0 unspecified atom stereocenters. The molecular formula is C9H14F3N5S. The fourth-order valence-corrected chi connectivity index (χ4v) is 1.69. The molecule has 1 rings (SSSR count). The lowest BCUT2D eigenvalue weighted by molar-refractivity contribution is -0.119. The van der Waals surface area contributed by atoms with Crippen LogP contribution in [0.3, 0.4) is 0 Å². The average molecular weight is 281 g/mol. The minimum atomic E-state index is -4.28. The monoisotopic (exact) mass is 281 g/mol. The summed E-state index contributed by atoms with van der Waals surface area (Å²) >= 11 is 1.23. The highest BCUT2D eigenvalue weighted by atomic mass is 32.2. The Labute approximate surface area is 107 Å². The quantitative estimate of drug-likeness (QED) is 0.372. The van der Waals surface area contributed by atoms with Crippen LogP contribution in [0, 0.1) is 0 Å². The lowest BCUT2D eigenvalue weighted by Gasteiger charge is -2.23. The number of hydrazine groups is 1. The standard InChI is InChI=1S/C9H14F3N5S/c1-3-17(5-9(10,11)12)7-4-6(16-13)14-8(15-7)18-2/h4H,3,5,13H2,1-2H3,(H,14,15,16). The largest absolute Gasteiger partial charge is 0.405 e. The molecule has 0 radical (unpaired) electrons. The van der Waals surface area contributed by atoms with E-state index in [9.17, 15) is 13.2 Å². The van der Waals surface area contributed by atoms with E-state index in [1.54, 1.807) is 13.2 Å². The van der Waals surface area contributed by atoms with Crippen molar-refractivity contribution in [3.8, 4) is 0 Å². The van der Waals surface area contributed by atoms with Crippen LogP contribution in [0.2, 0.25) is 0 Å². The third kappa shape index (κ3) is 4.22. The Morgan fingerprint density at radius 2 is 2.11 bits per heavy atom. The number of anilines is 2. The molecule has 1 aromatic heterocycles. The molecule has 0 aliphatic rings. The lowest BCUT2D eigenvalue weighted by Crippen LogP contribution is -2.34. The summed E-state index contributed by atoms with van der Waals surface area (Å²) in [5.41, 5.74) is 2.31. The van der Waals surface area contributed by atoms with Gasteiger partial charge in [0.2, 0.25) is 0 Å². The van der Waals surface area contributed by atoms with Crippen LogP contribution in [0.5, 0.6) is 0 Å². The summed E-state index contributed by atoms with van der Waals surface area (Å²) in [6.45, 7) is 0.759. The van der Waals surface area contributed by atoms with Crippen LogP contribution in [0.4, 0.5) is 24.8 Å². The van der Waals surface area contributed by atoms with Gasteiger partial charge in [0.05, 0.1) is 0 Å². The average Bonchev–Trinajstić information content (AvgIpc) is 2.34. The SMILES string of the molecule is CCN(CC(F)(F)F)c1cc(NN)nc(SC)n1. The third-order valence-corrected chi connectivity index (χ3v) is 2.65. The molecule has 0 aromatic carbocycles. The van der Waals surface area contributed by atoms with Crippen molar-refractivity contribution in [1.29, 1.82) is 0 Å². The Balaban J connectivity index is 3.04. The Kier molecular flexibility index (Phi) is 5.03. The van der Waals surface area contributed by atoms with Gasteiger partial charge in [0, 0.05) is 12.6 Å². The number of nitrogens with one attached hydrogen (secondary N) is 1. The predicted octanol–water partition coefficient (Wildman–Crippen LogP) is 1.87. The van der Waals surface area contributed by atoms with E-state index in [2.05, 4.69) is 15.4 Å². The maximum absolute atomic E-state index is 12.4. The van der Waals surface area contributed by atoms with Gasteiger partial charge in [-0.05, 0) is 13.2 Å². The van der Waals surface area contributed by atoms with Gasteiger partial charge in [-0.15, -0.1) is 0 Å². The van der Waals surface area contributed by atoms with Crippen molar-refractivity contribution in [3.63, 3.8) is 0 Å². The van der Waals surface area contributed by atoms with Crippen LogP contribution >= 0.6 is 11.8 Å². The topological polar surface area (TPSA) is 67.1 Å². The number of aromatic nitrogens is 2. The van der Waals surface area contributed by atoms with Gasteiger partial charge in [-0.25, -0.2) is 15.8 Å². The number of nitrogen functional groups attached to an aromatic ring is 1. The molecular weight excluding hydrogens is 267 g/mol. The van der Waals surface area contributed by atoms with Gasteiger partial charge in [0.25, 0.3) is 0 Å². The smallest absolute Gasteiger partial charge is 0.348 e. The summed E-state index contributed by atoms with van der Waals surface area (Å²) in [7, 11) is 0. The zero-order valence-corrected chi connectivity index (χ0v) is 10.8. The van der Waals surface area contributed by atoms with Crippen LogP contribution in [0.1, 0.15) is 6.92 Å². The van der Waals surface area contributed by atoms with Crippen LogP contribution in [0.25, 0.3) is 0 Å². The first kappa shape index (κ1) is 14.8. The van der Waals surface area contributed by atoms with Crippen molar-refractivity contribution in [3.05, 3.63) is 6.07 Å². The normalized spacial score (nSPS) is 11.4. The summed E-state index contributed by atoms with van der Waals surface area (Å²) in [6, 6.07) is 1.38. The predicted molar refractivity (Wildman–Crippen MR) is 65.6 cm³/mol. The summed E-state index contributed by atoms with van der Waals surface area (Å²) < 4.78 is 37.2. The number of hydrogen-bond donors (Lipinski definition) is 2. The molecule has 1 heterocycles. The highest BCUT2D eigenvalue weighted by Gasteiger charge is 2.31. The van der Waals surface area contributed by atoms with Crippen molar-refractivity contribution in [2.75, 3.05) is 29.7 Å². The van der Waals surface area contributed by atoms with Crippen LogP contribution in [-0.2, 0) is 0 Å². The first-order chi connectivity index (χ1) is 8.39. The third-order valence-electron chi connectivity index (χ3n) is 2.10. The first-order valence-corrected chi connectivity index (χ1v) is 6.33. The van der Waals surface area contributed by atoms with E-state index in [0.29, 0.717) is 5.16 Å². The van der Waals surface area contributed by atoms with E-state index in [1.165, 1.54) is 17.8 Å². The maximum Gasteiger partial charge on any atom is 0.405 e. The van der Waals surface area contributed by atoms with Gasteiger partial charge < -0.3 is 10.3 Å². The number of rotatable bonds is 5. The molecule has 9 heteroatoms. The highest BCUT2D eigenvalue weighted by molar-refractivity contribution is 7.98. The molecule has 0 bridgehead atoms. The Bertz CT molecular complexity index is 376. The highest BCUT2D eigenvalue weighted by Crippen LogP contribution is 2.23. The Morgan fingerprint density at radius 1 is 1.44 bits per heavy atom. The molecule has 0 aliphatic heterocycles. The number of nitrogens with two attached hydrogens (primary N) is 1. The number of halogens is 3. The first-order valence-electron chi connectivity index (χ1n) is 5.11. The van der Waals surface area contributed by atoms with E-state index < -0.39 is 12.7 Å². The Morgan fingerprint density at radius 3 is 2.56 bits per heavy atom. The summed E-state index contributed by atoms with van der Waals surface area (Å²) in [5.74, 6) is 5.70. The molecule has 102 valence electrons. The number of hydrogen-bond acceptors (Lipinski definition) is 6. The molecule has 3 N–H and O–H groups in total. The summed E-state index contributed by atoms with van der Waals surface area (Å²) in [5, 5.41) is 0.362.